The molecule has 0 radical (unpaired) electrons. The molecule has 2 heteroatoms. The van der Waals surface area contributed by atoms with Gasteiger partial charge in [0.15, 0.2) is 0 Å². The van der Waals surface area contributed by atoms with Gasteiger partial charge in [-0.15, -0.1) is 0 Å². The molecule has 0 amide bonds. The van der Waals surface area contributed by atoms with E-state index in [0.29, 0.717) is 0 Å². The Bertz CT molecular complexity index is 3780. The Balaban J connectivity index is 0.938. The molecule has 324 valence electrons. The molecule has 1 heterocycles. The van der Waals surface area contributed by atoms with Crippen molar-refractivity contribution in [2.75, 3.05) is 4.90 Å². The van der Waals surface area contributed by atoms with Crippen LogP contribution in [0.25, 0.3) is 72.0 Å². The molecule has 0 N–H and O–H groups in total. The molecule has 1 aromatic heterocycles. The molecule has 0 saturated carbocycles. The zero-order valence-electron chi connectivity index (χ0n) is 38.0. The van der Waals surface area contributed by atoms with E-state index in [1.54, 1.807) is 0 Å². The largest absolute Gasteiger partial charge is 0.310 e. The highest BCUT2D eigenvalue weighted by atomic mass is 15.1. The second kappa shape index (κ2) is 16.7. The first-order valence-corrected chi connectivity index (χ1v) is 23.8. The van der Waals surface area contributed by atoms with Crippen molar-refractivity contribution < 1.29 is 0 Å². The number of fused-ring (bicyclic) bond motifs is 6. The van der Waals surface area contributed by atoms with Crippen molar-refractivity contribution in [3.63, 3.8) is 0 Å². The van der Waals surface area contributed by atoms with E-state index in [9.17, 15) is 0 Å². The summed E-state index contributed by atoms with van der Waals surface area (Å²) in [6, 6.07) is 102. The van der Waals surface area contributed by atoms with Gasteiger partial charge >= 0.3 is 0 Å². The molecule has 0 bridgehead atoms. The van der Waals surface area contributed by atoms with Crippen molar-refractivity contribution in [2.45, 2.75) is 5.41 Å². The number of anilines is 3. The fourth-order valence-corrected chi connectivity index (χ4v) is 11.2. The number of nitrogens with zero attached hydrogens (tertiary/aromatic N) is 2. The summed E-state index contributed by atoms with van der Waals surface area (Å²) in [5.41, 5.74) is 21.1. The first-order valence-electron chi connectivity index (χ1n) is 23.8. The molecular weight excluding hydrogens is 833 g/mol. The average molecular weight is 879 g/mol. The van der Waals surface area contributed by atoms with Gasteiger partial charge < -0.3 is 9.47 Å². The van der Waals surface area contributed by atoms with Crippen LogP contribution >= 0.6 is 0 Å². The molecule has 0 atom stereocenters. The Labute approximate surface area is 403 Å². The van der Waals surface area contributed by atoms with Gasteiger partial charge in [-0.3, -0.25) is 0 Å². The Morgan fingerprint density at radius 2 is 0.812 bits per heavy atom. The van der Waals surface area contributed by atoms with Crippen LogP contribution in [0.2, 0.25) is 0 Å². The summed E-state index contributed by atoms with van der Waals surface area (Å²) in [6.07, 6.45) is 0. The number of hydrogen-bond donors (Lipinski definition) is 0. The Kier molecular flexibility index (Phi) is 9.77. The zero-order chi connectivity index (χ0) is 45.7. The lowest BCUT2D eigenvalue weighted by atomic mass is 9.68. The van der Waals surface area contributed by atoms with E-state index >= 15 is 0 Å². The van der Waals surface area contributed by atoms with Gasteiger partial charge in [0.1, 0.15) is 0 Å². The van der Waals surface area contributed by atoms with Gasteiger partial charge in [0.05, 0.1) is 22.1 Å². The highest BCUT2D eigenvalue weighted by Crippen LogP contribution is 2.56. The maximum atomic E-state index is 2.47. The molecule has 0 spiro atoms. The van der Waals surface area contributed by atoms with Gasteiger partial charge in [0, 0.05) is 33.4 Å². The molecule has 11 aromatic carbocycles. The van der Waals surface area contributed by atoms with Crippen LogP contribution in [0.3, 0.4) is 0 Å². The van der Waals surface area contributed by atoms with Crippen LogP contribution in [0.4, 0.5) is 17.1 Å². The van der Waals surface area contributed by atoms with Gasteiger partial charge in [-0.1, -0.05) is 218 Å². The van der Waals surface area contributed by atoms with Crippen molar-refractivity contribution in [3.8, 4) is 50.2 Å². The second-order valence-electron chi connectivity index (χ2n) is 18.0. The van der Waals surface area contributed by atoms with Crippen LogP contribution in [0.1, 0.15) is 22.3 Å². The van der Waals surface area contributed by atoms with Gasteiger partial charge in [-0.25, -0.2) is 0 Å². The molecular formula is C67H46N2. The van der Waals surface area contributed by atoms with E-state index in [0.717, 1.165) is 39.4 Å². The maximum Gasteiger partial charge on any atom is 0.0713 e. The smallest absolute Gasteiger partial charge is 0.0713 e. The lowest BCUT2D eigenvalue weighted by molar-refractivity contribution is 0.768. The zero-order valence-corrected chi connectivity index (χ0v) is 38.0. The van der Waals surface area contributed by atoms with Crippen LogP contribution in [0.5, 0.6) is 0 Å². The lowest BCUT2D eigenvalue weighted by Gasteiger charge is -2.33. The molecule has 0 saturated heterocycles. The SMILES string of the molecule is c1ccc(-c2ccc(N(c3ccccc3)c3ccccc3-c3cccc(-c4ccc5c6ccccc6n(-c6ccc7c(c6)-c6ccccc6C7(c6ccccc6)c6ccccc6)c5c4)c3)cc2)cc1. The summed E-state index contributed by atoms with van der Waals surface area (Å²) in [7, 11) is 0. The predicted molar refractivity (Wildman–Crippen MR) is 289 cm³/mol. The Hall–Kier alpha value is -8.98. The molecule has 1 aliphatic rings. The van der Waals surface area contributed by atoms with E-state index in [-0.39, 0.29) is 0 Å². The summed E-state index contributed by atoms with van der Waals surface area (Å²) in [5, 5.41) is 2.47. The lowest BCUT2D eigenvalue weighted by Crippen LogP contribution is -2.28. The van der Waals surface area contributed by atoms with E-state index in [2.05, 4.69) is 289 Å². The van der Waals surface area contributed by atoms with Gasteiger partial charge in [-0.2, -0.15) is 0 Å². The first kappa shape index (κ1) is 40.3. The highest BCUT2D eigenvalue weighted by molar-refractivity contribution is 6.10. The minimum absolute atomic E-state index is 0.449. The first-order chi connectivity index (χ1) is 34.2. The van der Waals surface area contributed by atoms with Crippen molar-refractivity contribution in [1.82, 2.24) is 4.57 Å². The number of aromatic nitrogens is 1. The molecule has 69 heavy (non-hydrogen) atoms. The van der Waals surface area contributed by atoms with Crippen LogP contribution in [-0.2, 0) is 5.41 Å². The third-order valence-electron chi connectivity index (χ3n) is 14.3. The second-order valence-corrected chi connectivity index (χ2v) is 18.0. The summed E-state index contributed by atoms with van der Waals surface area (Å²) in [5.74, 6) is 0. The summed E-state index contributed by atoms with van der Waals surface area (Å²) < 4.78 is 2.47. The van der Waals surface area contributed by atoms with E-state index < -0.39 is 5.41 Å². The Morgan fingerprint density at radius 1 is 0.290 bits per heavy atom. The molecule has 0 fully saturated rings. The Morgan fingerprint density at radius 3 is 1.57 bits per heavy atom. The summed E-state index contributed by atoms with van der Waals surface area (Å²) >= 11 is 0. The van der Waals surface area contributed by atoms with E-state index in [1.807, 2.05) is 0 Å². The maximum absolute atomic E-state index is 2.47. The van der Waals surface area contributed by atoms with Crippen molar-refractivity contribution >= 4 is 38.9 Å². The van der Waals surface area contributed by atoms with Gasteiger partial charge in [0.2, 0.25) is 0 Å². The minimum atomic E-state index is -0.449. The van der Waals surface area contributed by atoms with E-state index in [4.69, 9.17) is 0 Å². The van der Waals surface area contributed by atoms with Crippen LogP contribution < -0.4 is 4.90 Å². The monoisotopic (exact) mass is 878 g/mol. The third kappa shape index (κ3) is 6.64. The van der Waals surface area contributed by atoms with Crippen LogP contribution in [-0.4, -0.2) is 4.57 Å². The fraction of sp³-hybridized carbons (Fsp3) is 0.0149. The topological polar surface area (TPSA) is 8.17 Å². The molecule has 0 aliphatic heterocycles. The highest BCUT2D eigenvalue weighted by Gasteiger charge is 2.46. The fourth-order valence-electron chi connectivity index (χ4n) is 11.2. The molecule has 13 rings (SSSR count). The van der Waals surface area contributed by atoms with Crippen molar-refractivity contribution in [3.05, 3.63) is 301 Å². The van der Waals surface area contributed by atoms with Crippen molar-refractivity contribution in [1.29, 1.82) is 0 Å². The van der Waals surface area contributed by atoms with E-state index in [1.165, 1.54) is 71.9 Å². The predicted octanol–water partition coefficient (Wildman–Crippen LogP) is 17.6. The number of hydrogen-bond acceptors (Lipinski definition) is 1. The molecule has 0 unspecified atom stereocenters. The standard InChI is InChI=1S/C67H46N2/c1-5-20-47(21-6-1)48-36-39-55(40-37-48)68(54-28-11-4-12-29-54)64-34-17-14-30-57(64)51-23-19-22-49(44-51)50-38-42-60-59-32-15-18-35-65(59)69(66(60)45-50)56-41-43-63-61(46-56)58-31-13-16-33-62(58)67(63,52-24-7-2-8-25-52)53-26-9-3-10-27-53/h1-46H. The summed E-state index contributed by atoms with van der Waals surface area (Å²) in [4.78, 5) is 2.38. The summed E-state index contributed by atoms with van der Waals surface area (Å²) in [6.45, 7) is 0. The molecule has 1 aliphatic carbocycles. The average Bonchev–Trinajstić information content (AvgIpc) is 3.92. The number of rotatable bonds is 9. The van der Waals surface area contributed by atoms with Gasteiger partial charge in [-0.05, 0) is 122 Å². The number of benzene rings is 11. The minimum Gasteiger partial charge on any atom is -0.310 e. The molecule has 2 nitrogen and oxygen atoms in total. The van der Waals surface area contributed by atoms with Gasteiger partial charge in [0.25, 0.3) is 0 Å². The van der Waals surface area contributed by atoms with Crippen molar-refractivity contribution in [2.24, 2.45) is 0 Å². The quantitative estimate of drug-likeness (QED) is 0.140. The van der Waals surface area contributed by atoms with Crippen LogP contribution in [0, 0.1) is 0 Å². The van der Waals surface area contributed by atoms with Crippen LogP contribution in [0.15, 0.2) is 279 Å². The molecule has 12 aromatic rings. The number of para-hydroxylation sites is 3. The third-order valence-corrected chi connectivity index (χ3v) is 14.3. The normalized spacial score (nSPS) is 12.5.